The smallest absolute Gasteiger partial charge is 0.114 e. The molecular weight excluding hydrogens is 439 g/mol. The van der Waals surface area contributed by atoms with Gasteiger partial charge in [0.15, 0.2) is 0 Å². The maximum atomic E-state index is 13.7. The molecule has 7 heteroatoms. The van der Waals surface area contributed by atoms with Crippen LogP contribution in [-0.2, 0) is 13.0 Å². The molecule has 0 radical (unpaired) electrons. The molecule has 0 atom stereocenters. The minimum atomic E-state index is -0.781. The minimum Gasteiger partial charge on any atom is -0.370 e. The lowest BCUT2D eigenvalue weighted by Crippen LogP contribution is -2.64. The van der Waals surface area contributed by atoms with Crippen molar-refractivity contribution in [1.29, 1.82) is 0 Å². The lowest BCUT2D eigenvalue weighted by Gasteiger charge is -2.66. The number of fused-ring (bicyclic) bond motifs is 1. The summed E-state index contributed by atoms with van der Waals surface area (Å²) >= 11 is 0. The highest BCUT2D eigenvalue weighted by molar-refractivity contribution is 5.81. The SMILES string of the molecule is FC12CC(CCCc3cc4ccc(Cn5cc(-c6cncc(N7CCCC7)c6)nn5)cc4[nH]3)(C1)C2. The fourth-order valence-electron chi connectivity index (χ4n) is 6.66. The van der Waals surface area contributed by atoms with Crippen LogP contribution >= 0.6 is 0 Å². The Labute approximate surface area is 204 Å². The van der Waals surface area contributed by atoms with E-state index in [1.54, 1.807) is 0 Å². The molecule has 4 aliphatic rings. The fraction of sp³-hybridized carbons (Fsp3) is 0.464. The Hall–Kier alpha value is -3.22. The molecule has 1 N–H and O–H groups in total. The zero-order valence-corrected chi connectivity index (χ0v) is 20.0. The number of halogens is 1. The van der Waals surface area contributed by atoms with E-state index in [4.69, 9.17) is 0 Å². The first-order chi connectivity index (χ1) is 17.0. The van der Waals surface area contributed by atoms with Gasteiger partial charge in [-0.1, -0.05) is 17.3 Å². The van der Waals surface area contributed by atoms with E-state index in [0.29, 0.717) is 12.0 Å². The molecule has 0 unspecified atom stereocenters. The molecule has 6 nitrogen and oxygen atoms in total. The first-order valence-corrected chi connectivity index (χ1v) is 13.0. The second kappa shape index (κ2) is 7.90. The quantitative estimate of drug-likeness (QED) is 0.360. The van der Waals surface area contributed by atoms with Crippen LogP contribution in [0.1, 0.15) is 56.2 Å². The standard InChI is InChI=1S/C28H31FN6/c29-28-17-27(18-28,19-28)7-3-4-23-11-21-6-5-20(10-25(21)31-23)15-35-16-26(32-33-35)22-12-24(14-30-13-22)34-8-1-2-9-34/h5-6,10-14,16,31H,1-4,7-9,15,17-19H2. The van der Waals surface area contributed by atoms with Gasteiger partial charge in [0.2, 0.25) is 0 Å². The van der Waals surface area contributed by atoms with Gasteiger partial charge < -0.3 is 9.88 Å². The number of benzene rings is 1. The molecule has 0 amide bonds. The molecule has 4 aromatic rings. The summed E-state index contributed by atoms with van der Waals surface area (Å²) in [6.07, 6.45) is 14.0. The van der Waals surface area contributed by atoms with Gasteiger partial charge in [-0.05, 0) is 85.9 Å². The van der Waals surface area contributed by atoms with Crippen LogP contribution in [0.4, 0.5) is 10.1 Å². The number of nitrogens with one attached hydrogen (secondary N) is 1. The molecule has 3 aliphatic carbocycles. The van der Waals surface area contributed by atoms with Crippen molar-refractivity contribution < 1.29 is 4.39 Å². The minimum absolute atomic E-state index is 0.343. The van der Waals surface area contributed by atoms with Gasteiger partial charge in [0, 0.05) is 36.1 Å². The monoisotopic (exact) mass is 470 g/mol. The van der Waals surface area contributed by atoms with E-state index in [1.165, 1.54) is 29.5 Å². The van der Waals surface area contributed by atoms with E-state index in [0.717, 1.165) is 74.1 Å². The molecule has 35 heavy (non-hydrogen) atoms. The van der Waals surface area contributed by atoms with Crippen molar-refractivity contribution >= 4 is 16.6 Å². The Balaban J connectivity index is 1.01. The van der Waals surface area contributed by atoms with Crippen LogP contribution in [0.5, 0.6) is 0 Å². The highest BCUT2D eigenvalue weighted by Gasteiger charge is 2.68. The molecule has 4 fully saturated rings. The van der Waals surface area contributed by atoms with Crippen molar-refractivity contribution in [1.82, 2.24) is 25.0 Å². The van der Waals surface area contributed by atoms with E-state index in [2.05, 4.69) is 55.5 Å². The van der Waals surface area contributed by atoms with E-state index < -0.39 is 5.67 Å². The van der Waals surface area contributed by atoms with Gasteiger partial charge in [-0.3, -0.25) is 4.98 Å². The number of aromatic amines is 1. The van der Waals surface area contributed by atoms with Crippen molar-refractivity contribution in [3.8, 4) is 11.3 Å². The lowest BCUT2D eigenvalue weighted by molar-refractivity contribution is -0.216. The van der Waals surface area contributed by atoms with Gasteiger partial charge in [-0.25, -0.2) is 9.07 Å². The average molecular weight is 471 g/mol. The zero-order chi connectivity index (χ0) is 23.5. The number of aromatic nitrogens is 5. The molecule has 3 aromatic heterocycles. The van der Waals surface area contributed by atoms with Crippen molar-refractivity contribution in [3.63, 3.8) is 0 Å². The van der Waals surface area contributed by atoms with Crippen LogP contribution in [0, 0.1) is 5.41 Å². The Bertz CT molecular complexity index is 1360. The summed E-state index contributed by atoms with van der Waals surface area (Å²) in [5.41, 5.74) is 6.20. The average Bonchev–Trinajstić information content (AvgIpc) is 3.58. The van der Waals surface area contributed by atoms with Crippen LogP contribution < -0.4 is 4.90 Å². The molecule has 1 aliphatic heterocycles. The number of hydrogen-bond acceptors (Lipinski definition) is 4. The second-order valence-electron chi connectivity index (χ2n) is 11.2. The number of aryl methyl sites for hydroxylation is 1. The Morgan fingerprint density at radius 2 is 1.89 bits per heavy atom. The molecule has 8 rings (SSSR count). The van der Waals surface area contributed by atoms with E-state index in [9.17, 15) is 4.39 Å². The predicted molar refractivity (Wildman–Crippen MR) is 135 cm³/mol. The van der Waals surface area contributed by atoms with Crippen molar-refractivity contribution in [2.24, 2.45) is 5.41 Å². The Morgan fingerprint density at radius 3 is 2.71 bits per heavy atom. The molecule has 3 saturated carbocycles. The molecule has 180 valence electrons. The van der Waals surface area contributed by atoms with Crippen molar-refractivity contribution in [2.75, 3.05) is 18.0 Å². The second-order valence-corrected chi connectivity index (χ2v) is 11.2. The van der Waals surface area contributed by atoms with Crippen LogP contribution in [0.15, 0.2) is 48.9 Å². The number of hydrogen-bond donors (Lipinski definition) is 1. The van der Waals surface area contributed by atoms with Gasteiger partial charge in [0.05, 0.1) is 24.6 Å². The van der Waals surface area contributed by atoms with Crippen LogP contribution in [0.2, 0.25) is 0 Å². The molecule has 4 heterocycles. The zero-order valence-electron chi connectivity index (χ0n) is 20.0. The highest BCUT2D eigenvalue weighted by Crippen LogP contribution is 2.71. The first-order valence-electron chi connectivity index (χ1n) is 13.0. The Morgan fingerprint density at radius 1 is 1.03 bits per heavy atom. The van der Waals surface area contributed by atoms with Gasteiger partial charge >= 0.3 is 0 Å². The van der Waals surface area contributed by atoms with Crippen molar-refractivity contribution in [3.05, 3.63) is 60.2 Å². The first kappa shape index (κ1) is 21.1. The number of nitrogens with zero attached hydrogens (tertiary/aromatic N) is 5. The number of H-pyrrole nitrogens is 1. The highest BCUT2D eigenvalue weighted by atomic mass is 19.1. The number of alkyl halides is 1. The van der Waals surface area contributed by atoms with E-state index >= 15 is 0 Å². The molecule has 2 bridgehead atoms. The summed E-state index contributed by atoms with van der Waals surface area (Å²) in [4.78, 5) is 10.4. The van der Waals surface area contributed by atoms with Crippen LogP contribution in [0.3, 0.4) is 0 Å². The van der Waals surface area contributed by atoms with Gasteiger partial charge in [-0.15, -0.1) is 5.10 Å². The van der Waals surface area contributed by atoms with Crippen LogP contribution in [-0.4, -0.2) is 43.7 Å². The predicted octanol–water partition coefficient (Wildman–Crippen LogP) is 5.68. The summed E-state index contributed by atoms with van der Waals surface area (Å²) < 4.78 is 15.6. The van der Waals surface area contributed by atoms with E-state index in [-0.39, 0.29) is 0 Å². The molecule has 1 saturated heterocycles. The van der Waals surface area contributed by atoms with Crippen LogP contribution in [0.25, 0.3) is 22.2 Å². The number of pyridine rings is 1. The van der Waals surface area contributed by atoms with E-state index in [1.807, 2.05) is 23.3 Å². The van der Waals surface area contributed by atoms with Gasteiger partial charge in [-0.2, -0.15) is 0 Å². The lowest BCUT2D eigenvalue weighted by atomic mass is 9.41. The van der Waals surface area contributed by atoms with Gasteiger partial charge in [0.25, 0.3) is 0 Å². The normalized spacial score (nSPS) is 25.1. The largest absolute Gasteiger partial charge is 0.370 e. The third-order valence-corrected chi connectivity index (χ3v) is 8.35. The third kappa shape index (κ3) is 3.91. The molecule has 1 aromatic carbocycles. The topological polar surface area (TPSA) is 62.6 Å². The molecule has 0 spiro atoms. The summed E-state index contributed by atoms with van der Waals surface area (Å²) in [6, 6.07) is 11.0. The molecular formula is C28H31FN6. The summed E-state index contributed by atoms with van der Waals surface area (Å²) in [7, 11) is 0. The summed E-state index contributed by atoms with van der Waals surface area (Å²) in [5, 5.41) is 10.0. The summed E-state index contributed by atoms with van der Waals surface area (Å²) in [5.74, 6) is 0. The van der Waals surface area contributed by atoms with Crippen molar-refractivity contribution in [2.45, 2.75) is 63.6 Å². The maximum Gasteiger partial charge on any atom is 0.114 e. The summed E-state index contributed by atoms with van der Waals surface area (Å²) in [6.45, 7) is 2.87. The number of anilines is 1. The number of rotatable bonds is 8. The third-order valence-electron chi connectivity index (χ3n) is 8.35. The van der Waals surface area contributed by atoms with Gasteiger partial charge in [0.1, 0.15) is 11.4 Å². The fourth-order valence-corrected chi connectivity index (χ4v) is 6.66. The Kier molecular flexibility index (Phi) is 4.76. The maximum absolute atomic E-state index is 13.7.